The number of amides is 2. The summed E-state index contributed by atoms with van der Waals surface area (Å²) in [6, 6.07) is 15.0. The van der Waals surface area contributed by atoms with Gasteiger partial charge in [-0.25, -0.2) is 4.98 Å². The molecule has 2 aromatic carbocycles. The van der Waals surface area contributed by atoms with Crippen LogP contribution in [0.4, 0.5) is 24.5 Å². The van der Waals surface area contributed by atoms with E-state index in [1.165, 1.54) is 34.8 Å². The predicted octanol–water partition coefficient (Wildman–Crippen LogP) is 6.32. The Morgan fingerprint density at radius 1 is 0.879 bits per heavy atom. The standard InChI is InChI=1S/C23H16F3N3O2S2/c24-23(25,26)15-5-3-14(4-6-15)22-29-18(13-33-22)12-20(30)27-16-7-9-17(10-8-16)28-21(31)19-2-1-11-32-19/h1-11,13H,12H2,(H,27,30)(H,28,31). The van der Waals surface area contributed by atoms with Crippen LogP contribution in [0.5, 0.6) is 0 Å². The van der Waals surface area contributed by atoms with Crippen molar-refractivity contribution in [3.63, 3.8) is 0 Å². The monoisotopic (exact) mass is 487 g/mol. The van der Waals surface area contributed by atoms with Crippen molar-refractivity contribution in [2.45, 2.75) is 12.6 Å². The molecule has 2 aromatic heterocycles. The zero-order valence-electron chi connectivity index (χ0n) is 16.8. The van der Waals surface area contributed by atoms with Gasteiger partial charge in [-0.05, 0) is 47.8 Å². The smallest absolute Gasteiger partial charge is 0.326 e. The summed E-state index contributed by atoms with van der Waals surface area (Å²) in [7, 11) is 0. The topological polar surface area (TPSA) is 71.1 Å². The minimum Gasteiger partial charge on any atom is -0.326 e. The number of rotatable bonds is 6. The van der Waals surface area contributed by atoms with Gasteiger partial charge in [0.25, 0.3) is 5.91 Å². The Bertz CT molecular complexity index is 1250. The number of nitrogens with one attached hydrogen (secondary N) is 2. The summed E-state index contributed by atoms with van der Waals surface area (Å²) in [6.45, 7) is 0. The minimum absolute atomic E-state index is 0.0218. The molecule has 0 bridgehead atoms. The Morgan fingerprint density at radius 3 is 2.15 bits per heavy atom. The SMILES string of the molecule is O=C(Cc1csc(-c2ccc(C(F)(F)F)cc2)n1)Nc1ccc(NC(=O)c2cccs2)cc1. The largest absolute Gasteiger partial charge is 0.416 e. The third-order valence-electron chi connectivity index (χ3n) is 4.52. The third-order valence-corrected chi connectivity index (χ3v) is 6.33. The molecular formula is C23H16F3N3O2S2. The summed E-state index contributed by atoms with van der Waals surface area (Å²) < 4.78 is 38.1. The molecule has 0 aliphatic carbocycles. The molecule has 0 aliphatic rings. The van der Waals surface area contributed by atoms with Gasteiger partial charge in [-0.15, -0.1) is 22.7 Å². The van der Waals surface area contributed by atoms with Gasteiger partial charge in [0, 0.05) is 22.3 Å². The van der Waals surface area contributed by atoms with Crippen molar-refractivity contribution >= 4 is 45.9 Å². The zero-order valence-corrected chi connectivity index (χ0v) is 18.5. The lowest BCUT2D eigenvalue weighted by molar-refractivity contribution is -0.137. The number of thiazole rings is 1. The second-order valence-corrected chi connectivity index (χ2v) is 8.76. The number of alkyl halides is 3. The molecule has 0 unspecified atom stereocenters. The molecule has 33 heavy (non-hydrogen) atoms. The van der Waals surface area contributed by atoms with Crippen LogP contribution in [0.1, 0.15) is 20.9 Å². The van der Waals surface area contributed by atoms with E-state index in [2.05, 4.69) is 15.6 Å². The van der Waals surface area contributed by atoms with E-state index >= 15 is 0 Å². The number of carbonyl (C=O) groups is 2. The number of benzene rings is 2. The average Bonchev–Trinajstić information content (AvgIpc) is 3.47. The molecule has 0 saturated carbocycles. The van der Waals surface area contributed by atoms with Crippen molar-refractivity contribution in [3.05, 3.63) is 87.6 Å². The minimum atomic E-state index is -4.39. The van der Waals surface area contributed by atoms with Crippen molar-refractivity contribution in [1.29, 1.82) is 0 Å². The first-order valence-corrected chi connectivity index (χ1v) is 11.4. The molecule has 2 amide bonds. The number of anilines is 2. The summed E-state index contributed by atoms with van der Waals surface area (Å²) in [4.78, 5) is 29.4. The Kier molecular flexibility index (Phi) is 6.57. The van der Waals surface area contributed by atoms with Crippen molar-refractivity contribution in [2.75, 3.05) is 10.6 Å². The quantitative estimate of drug-likeness (QED) is 0.334. The maximum atomic E-state index is 12.7. The fourth-order valence-electron chi connectivity index (χ4n) is 2.93. The van der Waals surface area contributed by atoms with E-state index in [-0.39, 0.29) is 18.2 Å². The van der Waals surface area contributed by atoms with Gasteiger partial charge in [0.15, 0.2) is 0 Å². The molecule has 4 rings (SSSR count). The van der Waals surface area contributed by atoms with E-state index < -0.39 is 11.7 Å². The summed E-state index contributed by atoms with van der Waals surface area (Å²) in [5.74, 6) is -0.483. The lowest BCUT2D eigenvalue weighted by Crippen LogP contribution is -2.15. The van der Waals surface area contributed by atoms with Crippen LogP contribution >= 0.6 is 22.7 Å². The number of hydrogen-bond acceptors (Lipinski definition) is 5. The van der Waals surface area contributed by atoms with Gasteiger partial charge in [0.05, 0.1) is 22.6 Å². The predicted molar refractivity (Wildman–Crippen MR) is 124 cm³/mol. The van der Waals surface area contributed by atoms with Crippen LogP contribution in [-0.4, -0.2) is 16.8 Å². The van der Waals surface area contributed by atoms with Crippen molar-refractivity contribution in [1.82, 2.24) is 4.98 Å². The second kappa shape index (κ2) is 9.55. The Balaban J connectivity index is 1.33. The first-order valence-electron chi connectivity index (χ1n) is 9.65. The molecule has 2 N–H and O–H groups in total. The maximum absolute atomic E-state index is 12.7. The molecule has 2 heterocycles. The Hall–Kier alpha value is -3.50. The molecule has 0 fully saturated rings. The highest BCUT2D eigenvalue weighted by Crippen LogP contribution is 2.31. The van der Waals surface area contributed by atoms with Crippen LogP contribution in [0.15, 0.2) is 71.4 Å². The first kappa shape index (κ1) is 22.7. The maximum Gasteiger partial charge on any atom is 0.416 e. The molecule has 0 radical (unpaired) electrons. The van der Waals surface area contributed by atoms with E-state index in [1.54, 1.807) is 41.8 Å². The Labute approximate surface area is 194 Å². The van der Waals surface area contributed by atoms with E-state index in [0.29, 0.717) is 32.5 Å². The summed E-state index contributed by atoms with van der Waals surface area (Å²) in [5, 5.41) is 9.61. The van der Waals surface area contributed by atoms with E-state index in [0.717, 1.165) is 12.1 Å². The molecule has 10 heteroatoms. The van der Waals surface area contributed by atoms with Gasteiger partial charge in [0.1, 0.15) is 5.01 Å². The van der Waals surface area contributed by atoms with Gasteiger partial charge in [-0.3, -0.25) is 9.59 Å². The summed E-state index contributed by atoms with van der Waals surface area (Å²) >= 11 is 2.60. The Morgan fingerprint density at radius 2 is 1.55 bits per heavy atom. The summed E-state index contributed by atoms with van der Waals surface area (Å²) in [6.07, 6.45) is -4.37. The van der Waals surface area contributed by atoms with Gasteiger partial charge in [-0.1, -0.05) is 18.2 Å². The van der Waals surface area contributed by atoms with E-state index in [1.807, 2.05) is 5.38 Å². The van der Waals surface area contributed by atoms with Crippen molar-refractivity contribution in [2.24, 2.45) is 0 Å². The van der Waals surface area contributed by atoms with Crippen LogP contribution < -0.4 is 10.6 Å². The number of halogens is 3. The van der Waals surface area contributed by atoms with Gasteiger partial charge >= 0.3 is 6.18 Å². The van der Waals surface area contributed by atoms with Crippen LogP contribution in [0.3, 0.4) is 0 Å². The number of aromatic nitrogens is 1. The van der Waals surface area contributed by atoms with Crippen molar-refractivity contribution in [3.8, 4) is 10.6 Å². The highest BCUT2D eigenvalue weighted by Gasteiger charge is 2.30. The van der Waals surface area contributed by atoms with Gasteiger partial charge in [-0.2, -0.15) is 13.2 Å². The van der Waals surface area contributed by atoms with E-state index in [4.69, 9.17) is 0 Å². The zero-order chi connectivity index (χ0) is 23.4. The molecule has 5 nitrogen and oxygen atoms in total. The normalized spacial score (nSPS) is 11.2. The molecule has 168 valence electrons. The van der Waals surface area contributed by atoms with Crippen LogP contribution in [0.2, 0.25) is 0 Å². The van der Waals surface area contributed by atoms with Crippen LogP contribution in [-0.2, 0) is 17.4 Å². The van der Waals surface area contributed by atoms with Gasteiger partial charge < -0.3 is 10.6 Å². The number of hydrogen-bond donors (Lipinski definition) is 2. The second-order valence-electron chi connectivity index (χ2n) is 6.95. The lowest BCUT2D eigenvalue weighted by atomic mass is 10.1. The summed E-state index contributed by atoms with van der Waals surface area (Å²) in [5.41, 5.74) is 1.52. The highest BCUT2D eigenvalue weighted by atomic mass is 32.1. The third kappa shape index (κ3) is 5.85. The van der Waals surface area contributed by atoms with Crippen LogP contribution in [0, 0.1) is 0 Å². The number of thiophene rings is 1. The van der Waals surface area contributed by atoms with E-state index in [9.17, 15) is 22.8 Å². The average molecular weight is 488 g/mol. The fourth-order valence-corrected chi connectivity index (χ4v) is 4.37. The number of carbonyl (C=O) groups excluding carboxylic acids is 2. The van der Waals surface area contributed by atoms with Crippen molar-refractivity contribution < 1.29 is 22.8 Å². The molecule has 0 saturated heterocycles. The molecule has 4 aromatic rings. The van der Waals surface area contributed by atoms with Gasteiger partial charge in [0.2, 0.25) is 5.91 Å². The lowest BCUT2D eigenvalue weighted by Gasteiger charge is -2.07. The molecular weight excluding hydrogens is 471 g/mol. The van der Waals surface area contributed by atoms with Crippen LogP contribution in [0.25, 0.3) is 10.6 Å². The first-order chi connectivity index (χ1) is 15.8. The molecule has 0 aliphatic heterocycles. The molecule has 0 spiro atoms. The highest BCUT2D eigenvalue weighted by molar-refractivity contribution is 7.13. The fraction of sp³-hybridized carbons (Fsp3) is 0.0870. The molecule has 0 atom stereocenters. The number of nitrogens with zero attached hydrogens (tertiary/aromatic N) is 1.